The summed E-state index contributed by atoms with van der Waals surface area (Å²) in [6.07, 6.45) is -0.405. The first-order chi connectivity index (χ1) is 22.1. The minimum Gasteiger partial charge on any atom is -0.497 e. The molecule has 1 saturated carbocycles. The van der Waals surface area contributed by atoms with Crippen molar-refractivity contribution in [3.05, 3.63) is 65.0 Å². The number of nitrogens with zero attached hydrogens (tertiary/aromatic N) is 5. The van der Waals surface area contributed by atoms with E-state index in [1.165, 1.54) is 10.6 Å². The van der Waals surface area contributed by atoms with Crippen LogP contribution in [-0.2, 0) is 27.9 Å². The number of oxazole rings is 1. The van der Waals surface area contributed by atoms with E-state index < -0.39 is 22.2 Å². The molecule has 1 aliphatic carbocycles. The average Bonchev–Trinajstić information content (AvgIpc) is 3.75. The molecule has 2 fully saturated rings. The molecule has 0 spiro atoms. The highest BCUT2D eigenvalue weighted by Crippen LogP contribution is 2.36. The van der Waals surface area contributed by atoms with E-state index in [0.717, 1.165) is 38.0 Å². The summed E-state index contributed by atoms with van der Waals surface area (Å²) in [5, 5.41) is 7.12. The molecule has 2 aromatic heterocycles. The van der Waals surface area contributed by atoms with Crippen molar-refractivity contribution >= 4 is 21.9 Å². The Labute approximate surface area is 269 Å². The SMILES string of the molecule is COc1cc(C)c(S(=O)(=O)N(Cc2nc(C(=O)N3CCN(Cc4ccc(OC)nc4)CC3)co2)C2CC2)c(C)c1.O=C(O)C(F)(F)F. The Morgan fingerprint density at radius 2 is 1.68 bits per heavy atom. The topological polar surface area (TPSA) is 156 Å². The highest BCUT2D eigenvalue weighted by molar-refractivity contribution is 7.89. The lowest BCUT2D eigenvalue weighted by Crippen LogP contribution is -2.48. The Balaban J connectivity index is 0.000000644. The third-order valence-electron chi connectivity index (χ3n) is 7.57. The number of alkyl halides is 3. The van der Waals surface area contributed by atoms with Crippen LogP contribution in [-0.4, -0.2) is 102 Å². The summed E-state index contributed by atoms with van der Waals surface area (Å²) in [6.45, 7) is 6.80. The zero-order chi connectivity index (χ0) is 34.5. The van der Waals surface area contributed by atoms with E-state index in [4.69, 9.17) is 23.8 Å². The zero-order valence-electron chi connectivity index (χ0n) is 26.3. The molecule has 1 N–H and O–H groups in total. The maximum atomic E-state index is 13.8. The zero-order valence-corrected chi connectivity index (χ0v) is 27.1. The van der Waals surface area contributed by atoms with Gasteiger partial charge >= 0.3 is 12.1 Å². The Bertz CT molecular complexity index is 1650. The Kier molecular flexibility index (Phi) is 11.1. The number of carboxylic acids is 1. The Hall–Kier alpha value is -4.22. The van der Waals surface area contributed by atoms with Gasteiger partial charge in [-0.05, 0) is 55.5 Å². The van der Waals surface area contributed by atoms with E-state index in [1.54, 1.807) is 51.3 Å². The number of rotatable bonds is 10. The van der Waals surface area contributed by atoms with Crippen molar-refractivity contribution in [1.82, 2.24) is 24.1 Å². The van der Waals surface area contributed by atoms with Gasteiger partial charge in [0, 0.05) is 51.0 Å². The van der Waals surface area contributed by atoms with Crippen LogP contribution in [0.2, 0.25) is 0 Å². The van der Waals surface area contributed by atoms with Crippen molar-refractivity contribution in [1.29, 1.82) is 0 Å². The molecule has 0 unspecified atom stereocenters. The van der Waals surface area contributed by atoms with Gasteiger partial charge in [-0.3, -0.25) is 9.69 Å². The highest BCUT2D eigenvalue weighted by Gasteiger charge is 2.41. The number of carboxylic acid groups (broad SMARTS) is 1. The van der Waals surface area contributed by atoms with Crippen LogP contribution in [0.5, 0.6) is 11.6 Å². The molecule has 17 heteroatoms. The molecule has 1 saturated heterocycles. The van der Waals surface area contributed by atoms with Gasteiger partial charge in [-0.1, -0.05) is 6.07 Å². The Morgan fingerprint density at radius 3 is 2.17 bits per heavy atom. The minimum absolute atomic E-state index is 0.0329. The maximum absolute atomic E-state index is 13.8. The quantitative estimate of drug-likeness (QED) is 0.333. The average molecular weight is 684 g/mol. The number of amides is 1. The van der Waals surface area contributed by atoms with E-state index >= 15 is 0 Å². The predicted octanol–water partition coefficient (Wildman–Crippen LogP) is 3.65. The smallest absolute Gasteiger partial charge is 0.490 e. The van der Waals surface area contributed by atoms with Crippen molar-refractivity contribution < 1.29 is 50.2 Å². The summed E-state index contributed by atoms with van der Waals surface area (Å²) in [5.41, 5.74) is 2.51. The van der Waals surface area contributed by atoms with Crippen LogP contribution in [0.25, 0.3) is 0 Å². The number of pyridine rings is 1. The molecule has 13 nitrogen and oxygen atoms in total. The van der Waals surface area contributed by atoms with Crippen molar-refractivity contribution in [2.45, 2.75) is 56.9 Å². The first-order valence-electron chi connectivity index (χ1n) is 14.6. The third kappa shape index (κ3) is 8.99. The van der Waals surface area contributed by atoms with Gasteiger partial charge in [-0.15, -0.1) is 0 Å². The first-order valence-corrected chi connectivity index (χ1v) is 16.0. The van der Waals surface area contributed by atoms with Crippen LogP contribution in [0.4, 0.5) is 13.2 Å². The largest absolute Gasteiger partial charge is 0.497 e. The molecular formula is C30H36F3N5O8S. The van der Waals surface area contributed by atoms with Crippen LogP contribution in [0.3, 0.4) is 0 Å². The van der Waals surface area contributed by atoms with Crippen molar-refractivity contribution in [2.24, 2.45) is 0 Å². The summed E-state index contributed by atoms with van der Waals surface area (Å²) < 4.78 is 76.7. The van der Waals surface area contributed by atoms with Crippen LogP contribution in [0, 0.1) is 13.8 Å². The molecule has 256 valence electrons. The van der Waals surface area contributed by atoms with Crippen LogP contribution < -0.4 is 9.47 Å². The normalized spacial score (nSPS) is 15.6. The fourth-order valence-corrected chi connectivity index (χ4v) is 7.14. The number of aliphatic carboxylic acids is 1. The predicted molar refractivity (Wildman–Crippen MR) is 160 cm³/mol. The number of sulfonamides is 1. The highest BCUT2D eigenvalue weighted by atomic mass is 32.2. The standard InChI is InChI=1S/C28H35N5O6S.C2HF3O2/c1-19-13-23(37-3)14-20(2)27(19)40(35,36)33(22-6-7-22)17-26-30-24(18-39-26)28(34)32-11-9-31(10-12-32)16-21-5-8-25(38-4)29-15-21;3-2(4,5)1(6)7/h5,8,13-15,18,22H,6-7,9-12,16-17H2,1-4H3;(H,6,7). The number of carbonyl (C=O) groups is 2. The van der Waals surface area contributed by atoms with Crippen molar-refractivity contribution in [3.63, 3.8) is 0 Å². The van der Waals surface area contributed by atoms with Gasteiger partial charge in [0.15, 0.2) is 5.69 Å². The summed E-state index contributed by atoms with van der Waals surface area (Å²) >= 11 is 0. The number of hydrogen-bond donors (Lipinski definition) is 1. The number of aromatic nitrogens is 2. The van der Waals surface area contributed by atoms with Crippen LogP contribution >= 0.6 is 0 Å². The molecule has 1 aliphatic heterocycles. The molecule has 5 rings (SSSR count). The van der Waals surface area contributed by atoms with Gasteiger partial charge in [0.2, 0.25) is 21.8 Å². The van der Waals surface area contributed by atoms with Gasteiger partial charge in [0.05, 0.1) is 25.7 Å². The number of benzene rings is 1. The number of aryl methyl sites for hydroxylation is 2. The van der Waals surface area contributed by atoms with Gasteiger partial charge in [0.25, 0.3) is 5.91 Å². The molecule has 0 bridgehead atoms. The second-order valence-corrected chi connectivity index (χ2v) is 12.9. The van der Waals surface area contributed by atoms with E-state index in [1.807, 2.05) is 12.1 Å². The summed E-state index contributed by atoms with van der Waals surface area (Å²) in [7, 11) is -0.680. The molecule has 1 amide bonds. The van der Waals surface area contributed by atoms with Crippen LogP contribution in [0.1, 0.15) is 45.9 Å². The molecule has 3 heterocycles. The fourth-order valence-electron chi connectivity index (χ4n) is 5.09. The summed E-state index contributed by atoms with van der Waals surface area (Å²) in [4.78, 5) is 35.0. The lowest BCUT2D eigenvalue weighted by molar-refractivity contribution is -0.192. The summed E-state index contributed by atoms with van der Waals surface area (Å²) in [5.74, 6) is -1.58. The molecule has 2 aliphatic rings. The molecule has 47 heavy (non-hydrogen) atoms. The molecule has 3 aromatic rings. The number of carbonyl (C=O) groups excluding carboxylic acids is 1. The maximum Gasteiger partial charge on any atom is 0.490 e. The number of methoxy groups -OCH3 is 2. The minimum atomic E-state index is -5.08. The molecular weight excluding hydrogens is 647 g/mol. The van der Waals surface area contributed by atoms with Crippen molar-refractivity contribution in [2.75, 3.05) is 40.4 Å². The van der Waals surface area contributed by atoms with Gasteiger partial charge < -0.3 is 23.9 Å². The number of hydrogen-bond acceptors (Lipinski definition) is 10. The second-order valence-electron chi connectivity index (χ2n) is 11.1. The summed E-state index contributed by atoms with van der Waals surface area (Å²) in [6, 6.07) is 7.15. The lowest BCUT2D eigenvalue weighted by Gasteiger charge is -2.34. The van der Waals surface area contributed by atoms with E-state index in [-0.39, 0.29) is 35.0 Å². The lowest BCUT2D eigenvalue weighted by atomic mass is 10.1. The Morgan fingerprint density at radius 1 is 1.06 bits per heavy atom. The van der Waals surface area contributed by atoms with Gasteiger partial charge in [0.1, 0.15) is 12.0 Å². The third-order valence-corrected chi connectivity index (χ3v) is 9.77. The van der Waals surface area contributed by atoms with E-state index in [0.29, 0.717) is 35.8 Å². The fraction of sp³-hybridized carbons (Fsp3) is 0.467. The first kappa shape index (κ1) is 35.6. The monoisotopic (exact) mass is 683 g/mol. The van der Waals surface area contributed by atoms with Gasteiger partial charge in [-0.25, -0.2) is 23.2 Å². The van der Waals surface area contributed by atoms with Gasteiger partial charge in [-0.2, -0.15) is 17.5 Å². The number of piperazine rings is 1. The van der Waals surface area contributed by atoms with Crippen molar-refractivity contribution in [3.8, 4) is 11.6 Å². The number of halogens is 3. The number of ether oxygens (including phenoxy) is 2. The van der Waals surface area contributed by atoms with E-state index in [9.17, 15) is 26.4 Å². The van der Waals surface area contributed by atoms with Crippen LogP contribution in [0.15, 0.2) is 46.0 Å². The molecule has 1 aromatic carbocycles. The molecule has 0 atom stereocenters. The van der Waals surface area contributed by atoms with E-state index in [2.05, 4.69) is 14.9 Å². The molecule has 0 radical (unpaired) electrons. The second kappa shape index (κ2) is 14.7.